The van der Waals surface area contributed by atoms with Crippen molar-refractivity contribution in [2.45, 2.75) is 13.8 Å². The van der Waals surface area contributed by atoms with Gasteiger partial charge in [-0.15, -0.1) is 11.3 Å². The molecule has 110 valence electrons. The maximum Gasteiger partial charge on any atom is 0.265 e. The molecule has 2 amide bonds. The van der Waals surface area contributed by atoms with Crippen LogP contribution in [0.4, 0.5) is 10.7 Å². The zero-order valence-corrected chi connectivity index (χ0v) is 12.9. The lowest BCUT2D eigenvalue weighted by Gasteiger charge is -2.08. The molecule has 0 fully saturated rings. The van der Waals surface area contributed by atoms with E-state index in [1.807, 2.05) is 19.9 Å². The minimum atomic E-state index is -0.642. The van der Waals surface area contributed by atoms with Crippen LogP contribution in [0.5, 0.6) is 0 Å². The van der Waals surface area contributed by atoms with Crippen LogP contribution in [0.1, 0.15) is 33.9 Å². The number of carbonyl (C=O) groups is 2. The Morgan fingerprint density at radius 2 is 1.95 bits per heavy atom. The predicted octanol–water partition coefficient (Wildman–Crippen LogP) is 1.51. The Morgan fingerprint density at radius 1 is 1.35 bits per heavy atom. The molecular weight excluding hydrogens is 276 g/mol. The Hall–Kier alpha value is -2.02. The number of carbonyl (C=O) groups excluding carboxylic acids is 2. The minimum absolute atomic E-state index is 0.140. The normalized spacial score (nSPS) is 10.0. The van der Waals surface area contributed by atoms with Gasteiger partial charge in [-0.05, 0) is 13.8 Å². The molecule has 0 aliphatic heterocycles. The molecule has 1 aromatic heterocycles. The average Bonchev–Trinajstić information content (AvgIpc) is 2.64. The van der Waals surface area contributed by atoms with Crippen LogP contribution in [0.2, 0.25) is 0 Å². The molecule has 0 saturated heterocycles. The van der Waals surface area contributed by atoms with Crippen molar-refractivity contribution >= 4 is 33.8 Å². The van der Waals surface area contributed by atoms with Crippen molar-refractivity contribution in [2.75, 3.05) is 31.7 Å². The first-order valence-electron chi connectivity index (χ1n) is 6.06. The van der Waals surface area contributed by atoms with Crippen molar-refractivity contribution in [2.24, 2.45) is 5.73 Å². The van der Waals surface area contributed by atoms with E-state index in [1.54, 1.807) is 14.1 Å². The van der Waals surface area contributed by atoms with Crippen LogP contribution in [-0.2, 0) is 0 Å². The minimum Gasteiger partial charge on any atom is -0.397 e. The largest absolute Gasteiger partial charge is 0.397 e. The van der Waals surface area contributed by atoms with E-state index in [9.17, 15) is 9.59 Å². The summed E-state index contributed by atoms with van der Waals surface area (Å²) in [7, 11) is 3.25. The van der Waals surface area contributed by atoms with Crippen LogP contribution < -0.4 is 16.8 Å². The summed E-state index contributed by atoms with van der Waals surface area (Å²) < 4.78 is 0. The van der Waals surface area contributed by atoms with Gasteiger partial charge in [0.05, 0.1) is 11.3 Å². The van der Waals surface area contributed by atoms with Crippen molar-refractivity contribution in [1.82, 2.24) is 4.90 Å². The summed E-state index contributed by atoms with van der Waals surface area (Å²) in [6.07, 6.45) is 1.97. The zero-order chi connectivity index (χ0) is 15.4. The van der Waals surface area contributed by atoms with Crippen LogP contribution in [0.3, 0.4) is 0 Å². The van der Waals surface area contributed by atoms with Gasteiger partial charge in [-0.3, -0.25) is 9.59 Å². The van der Waals surface area contributed by atoms with Gasteiger partial charge in [0.1, 0.15) is 9.88 Å². The second kappa shape index (κ2) is 6.42. The quantitative estimate of drug-likeness (QED) is 0.717. The van der Waals surface area contributed by atoms with Crippen molar-refractivity contribution < 1.29 is 9.59 Å². The third-order valence-corrected chi connectivity index (χ3v) is 3.72. The Labute approximate surface area is 122 Å². The van der Waals surface area contributed by atoms with Crippen LogP contribution in [0, 0.1) is 0 Å². The Bertz CT molecular complexity index is 557. The Morgan fingerprint density at radius 3 is 2.40 bits per heavy atom. The molecule has 0 spiro atoms. The molecule has 6 nitrogen and oxygen atoms in total. The lowest BCUT2D eigenvalue weighted by atomic mass is 10.2. The highest BCUT2D eigenvalue weighted by atomic mass is 32.1. The van der Waals surface area contributed by atoms with Gasteiger partial charge in [-0.1, -0.05) is 11.6 Å². The van der Waals surface area contributed by atoms with E-state index in [0.29, 0.717) is 16.4 Å². The summed E-state index contributed by atoms with van der Waals surface area (Å²) in [6, 6.07) is 0. The van der Waals surface area contributed by atoms with E-state index in [0.717, 1.165) is 16.9 Å². The predicted molar refractivity (Wildman–Crippen MR) is 83.2 cm³/mol. The number of rotatable bonds is 5. The molecule has 0 aliphatic rings. The molecule has 0 saturated carbocycles. The Balaban J connectivity index is 3.16. The molecule has 1 rings (SSSR count). The fourth-order valence-electron chi connectivity index (χ4n) is 1.52. The number of primary amides is 1. The van der Waals surface area contributed by atoms with E-state index < -0.39 is 5.91 Å². The van der Waals surface area contributed by atoms with E-state index in [4.69, 9.17) is 11.5 Å². The molecule has 0 unspecified atom stereocenters. The van der Waals surface area contributed by atoms with E-state index in [1.165, 1.54) is 4.90 Å². The average molecular weight is 296 g/mol. The van der Waals surface area contributed by atoms with Gasteiger partial charge < -0.3 is 21.7 Å². The summed E-state index contributed by atoms with van der Waals surface area (Å²) in [5, 5.41) is 3.60. The second-order valence-electron chi connectivity index (χ2n) is 4.78. The van der Waals surface area contributed by atoms with Gasteiger partial charge in [-0.2, -0.15) is 0 Å². The smallest absolute Gasteiger partial charge is 0.265 e. The van der Waals surface area contributed by atoms with Crippen LogP contribution in [0.15, 0.2) is 11.6 Å². The van der Waals surface area contributed by atoms with Crippen molar-refractivity contribution in [3.05, 3.63) is 22.1 Å². The van der Waals surface area contributed by atoms with Crippen LogP contribution in [0.25, 0.3) is 0 Å². The molecular formula is C13H20N4O2S. The highest BCUT2D eigenvalue weighted by Gasteiger charge is 2.24. The molecule has 0 aromatic carbocycles. The molecule has 20 heavy (non-hydrogen) atoms. The number of hydrogen-bond acceptors (Lipinski definition) is 5. The van der Waals surface area contributed by atoms with E-state index >= 15 is 0 Å². The van der Waals surface area contributed by atoms with Gasteiger partial charge in [0, 0.05) is 20.6 Å². The lowest BCUT2D eigenvalue weighted by molar-refractivity contribution is 0.0833. The molecule has 7 heteroatoms. The number of nitrogens with one attached hydrogen (secondary N) is 1. The van der Waals surface area contributed by atoms with Gasteiger partial charge in [0.25, 0.3) is 11.8 Å². The van der Waals surface area contributed by atoms with Crippen molar-refractivity contribution in [3.8, 4) is 0 Å². The maximum absolute atomic E-state index is 12.0. The zero-order valence-electron chi connectivity index (χ0n) is 12.1. The topological polar surface area (TPSA) is 101 Å². The fourth-order valence-corrected chi connectivity index (χ4v) is 2.68. The molecule has 1 heterocycles. The number of nitrogens with zero attached hydrogens (tertiary/aromatic N) is 1. The third kappa shape index (κ3) is 3.51. The molecule has 1 aromatic rings. The number of thiophene rings is 1. The summed E-state index contributed by atoms with van der Waals surface area (Å²) in [5.41, 5.74) is 12.7. The first-order valence-corrected chi connectivity index (χ1v) is 6.88. The van der Waals surface area contributed by atoms with Gasteiger partial charge >= 0.3 is 0 Å². The number of nitrogens with two attached hydrogens (primary N) is 2. The summed E-state index contributed by atoms with van der Waals surface area (Å²) in [6.45, 7) is 4.49. The molecule has 5 N–H and O–H groups in total. The van der Waals surface area contributed by atoms with Crippen LogP contribution >= 0.6 is 11.3 Å². The number of amides is 2. The van der Waals surface area contributed by atoms with E-state index in [2.05, 4.69) is 5.32 Å². The Kier molecular flexibility index (Phi) is 5.15. The number of allylic oxidation sites excluding steroid dienone is 1. The van der Waals surface area contributed by atoms with Gasteiger partial charge in [0.15, 0.2) is 0 Å². The summed E-state index contributed by atoms with van der Waals surface area (Å²) >= 11 is 1.15. The highest BCUT2D eigenvalue weighted by Crippen LogP contribution is 2.35. The third-order valence-electron chi connectivity index (χ3n) is 2.56. The van der Waals surface area contributed by atoms with Crippen molar-refractivity contribution in [1.29, 1.82) is 0 Å². The van der Waals surface area contributed by atoms with Gasteiger partial charge in [0.2, 0.25) is 0 Å². The summed E-state index contributed by atoms with van der Waals surface area (Å²) in [5.74, 6) is -0.887. The standard InChI is InChI=1S/C13H20N4O2S/c1-7(2)5-6-16-12-8(11(15)18)9(14)10(20-12)13(19)17(3)4/h5,16H,6,14H2,1-4H3,(H2,15,18). The first kappa shape index (κ1) is 16.0. The lowest BCUT2D eigenvalue weighted by Crippen LogP contribution is -2.22. The fraction of sp³-hybridized carbons (Fsp3) is 0.385. The monoisotopic (exact) mass is 296 g/mol. The van der Waals surface area contributed by atoms with Crippen molar-refractivity contribution in [3.63, 3.8) is 0 Å². The molecule has 0 aliphatic carbocycles. The van der Waals surface area contributed by atoms with E-state index in [-0.39, 0.29) is 17.2 Å². The second-order valence-corrected chi connectivity index (χ2v) is 5.80. The summed E-state index contributed by atoms with van der Waals surface area (Å²) in [4.78, 5) is 25.2. The first-order chi connectivity index (χ1) is 9.25. The highest BCUT2D eigenvalue weighted by molar-refractivity contribution is 7.19. The van der Waals surface area contributed by atoms with Crippen LogP contribution in [-0.4, -0.2) is 37.4 Å². The number of nitrogen functional groups attached to an aromatic ring is 1. The molecule has 0 bridgehead atoms. The SMILES string of the molecule is CC(C)=CCNc1sc(C(=O)N(C)C)c(N)c1C(N)=O. The number of anilines is 2. The molecule has 0 radical (unpaired) electrons. The van der Waals surface area contributed by atoms with Gasteiger partial charge in [-0.25, -0.2) is 0 Å². The number of hydrogen-bond donors (Lipinski definition) is 3. The maximum atomic E-state index is 12.0. The molecule has 0 atom stereocenters.